The number of halogens is 2. The van der Waals surface area contributed by atoms with Crippen molar-refractivity contribution in [2.75, 3.05) is 9.80 Å². The third-order valence-corrected chi connectivity index (χ3v) is 18.9. The van der Waals surface area contributed by atoms with E-state index in [2.05, 4.69) is 154 Å². The standard InChI is InChI=1S/C79H43F2N3O4/c80-44-28-32-46(33-29-44)82(48-36-38-70-56(40-48)51-15-2-9-24-66(51)85-70)64-42-61-75(78-72(64)54-17-4-11-26-68(54)88-78)74-60(79(61)58-20-6-8-23-63(58)84-62-22-7-1-14-50(62)53-19-13-21-59(79)76(53)84)43-65(77-73(74)55-18-5-12-27-69(55)87-77)83(47-34-30-45(81)31-35-47)49-37-39-71-57(41-49)52-16-3-10-25-67(52)86-71/h1-43H. The van der Waals surface area contributed by atoms with Crippen LogP contribution in [0.15, 0.2) is 279 Å². The second-order valence-corrected chi connectivity index (χ2v) is 23.2. The number of furan rings is 4. The fourth-order valence-electron chi connectivity index (χ4n) is 15.4. The zero-order valence-corrected chi connectivity index (χ0v) is 46.6. The Hall–Kier alpha value is -11.7. The second-order valence-electron chi connectivity index (χ2n) is 23.2. The number of aromatic nitrogens is 1. The van der Waals surface area contributed by atoms with Crippen molar-refractivity contribution in [3.8, 4) is 16.8 Å². The van der Waals surface area contributed by atoms with E-state index in [1.165, 1.54) is 24.3 Å². The fourth-order valence-corrected chi connectivity index (χ4v) is 15.4. The molecule has 0 saturated carbocycles. The first kappa shape index (κ1) is 47.7. The van der Waals surface area contributed by atoms with Gasteiger partial charge in [0.15, 0.2) is 5.58 Å². The maximum atomic E-state index is 15.5. The summed E-state index contributed by atoms with van der Waals surface area (Å²) in [7, 11) is 0. The molecule has 13 aromatic carbocycles. The molecule has 1 unspecified atom stereocenters. The predicted molar refractivity (Wildman–Crippen MR) is 350 cm³/mol. The Morgan fingerprint density at radius 2 is 0.761 bits per heavy atom. The summed E-state index contributed by atoms with van der Waals surface area (Å²) in [5.41, 5.74) is 18.7. The van der Waals surface area contributed by atoms with E-state index in [1.54, 1.807) is 0 Å². The summed E-state index contributed by atoms with van der Waals surface area (Å²) < 4.78 is 61.4. The lowest BCUT2D eigenvalue weighted by atomic mass is 9.65. The highest BCUT2D eigenvalue weighted by molar-refractivity contribution is 6.27. The molecule has 1 atom stereocenters. The number of rotatable bonds is 6. The van der Waals surface area contributed by atoms with Gasteiger partial charge in [-0.1, -0.05) is 127 Å². The second kappa shape index (κ2) is 17.2. The Balaban J connectivity index is 0.997. The molecule has 1 aliphatic heterocycles. The Labute approximate surface area is 498 Å². The molecule has 1 spiro atoms. The number of nitrogens with zero attached hydrogens (tertiary/aromatic N) is 3. The summed E-state index contributed by atoms with van der Waals surface area (Å²) in [6.07, 6.45) is 0. The van der Waals surface area contributed by atoms with Crippen LogP contribution in [0.3, 0.4) is 0 Å². The van der Waals surface area contributed by atoms with Crippen molar-refractivity contribution in [3.63, 3.8) is 0 Å². The molecule has 0 saturated heterocycles. The highest BCUT2D eigenvalue weighted by Crippen LogP contribution is 2.67. The third-order valence-electron chi connectivity index (χ3n) is 18.9. The zero-order valence-electron chi connectivity index (χ0n) is 46.6. The SMILES string of the molecule is Fc1ccc(N(c2ccc3oc4ccccc4c3c2)c2cc3c(c4c2oc2ccccc24)-c2c(cc(N(c4ccc(F)cc4)c4ccc5oc6ccccc6c5c4)c4c2oc2ccccc24)C32c3ccccc3-n3c4ccccc4c4cccc2c43)cc1. The van der Waals surface area contributed by atoms with E-state index in [1.807, 2.05) is 97.1 Å². The minimum Gasteiger partial charge on any atom is -0.456 e. The minimum atomic E-state index is -1.10. The van der Waals surface area contributed by atoms with Gasteiger partial charge >= 0.3 is 0 Å². The predicted octanol–water partition coefficient (Wildman–Crippen LogP) is 22.3. The van der Waals surface area contributed by atoms with Crippen molar-refractivity contribution in [1.82, 2.24) is 4.57 Å². The number of anilines is 6. The summed E-state index contributed by atoms with van der Waals surface area (Å²) in [5, 5.41) is 9.76. The molecule has 6 heterocycles. The highest BCUT2D eigenvalue weighted by atomic mass is 19.1. The molecule has 0 bridgehead atoms. The molecule has 20 rings (SSSR count). The van der Waals surface area contributed by atoms with Gasteiger partial charge in [0.2, 0.25) is 0 Å². The van der Waals surface area contributed by atoms with E-state index in [4.69, 9.17) is 17.7 Å². The molecule has 1 aliphatic carbocycles. The van der Waals surface area contributed by atoms with Gasteiger partial charge in [-0.2, -0.15) is 0 Å². The maximum absolute atomic E-state index is 15.5. The molecule has 0 N–H and O–H groups in total. The summed E-state index contributed by atoms with van der Waals surface area (Å²) in [6.45, 7) is 0. The number of para-hydroxylation sites is 7. The van der Waals surface area contributed by atoms with E-state index in [9.17, 15) is 0 Å². The van der Waals surface area contributed by atoms with Crippen molar-refractivity contribution >= 4 is 144 Å². The topological polar surface area (TPSA) is 64.0 Å². The van der Waals surface area contributed by atoms with E-state index in [-0.39, 0.29) is 11.6 Å². The van der Waals surface area contributed by atoms with E-state index in [0.717, 1.165) is 160 Å². The van der Waals surface area contributed by atoms with E-state index in [0.29, 0.717) is 22.3 Å². The van der Waals surface area contributed by atoms with Gasteiger partial charge in [-0.05, 0) is 156 Å². The van der Waals surface area contributed by atoms with Crippen LogP contribution < -0.4 is 9.80 Å². The van der Waals surface area contributed by atoms with Crippen LogP contribution in [0.2, 0.25) is 0 Å². The van der Waals surface area contributed by atoms with Gasteiger partial charge in [-0.3, -0.25) is 0 Å². The molecule has 0 radical (unpaired) electrons. The smallest absolute Gasteiger partial charge is 0.160 e. The molecule has 9 heteroatoms. The molecule has 2 aliphatic rings. The van der Waals surface area contributed by atoms with E-state index >= 15 is 8.78 Å². The highest BCUT2D eigenvalue weighted by Gasteiger charge is 2.54. The summed E-state index contributed by atoms with van der Waals surface area (Å²) in [5.74, 6) is -0.692. The minimum absolute atomic E-state index is 0.343. The first-order valence-electron chi connectivity index (χ1n) is 29.5. The Kier molecular flexibility index (Phi) is 9.34. The van der Waals surface area contributed by atoms with Gasteiger partial charge in [0.25, 0.3) is 0 Å². The monoisotopic (exact) mass is 1140 g/mol. The van der Waals surface area contributed by atoms with Gasteiger partial charge in [0.05, 0.1) is 38.9 Å². The van der Waals surface area contributed by atoms with Crippen LogP contribution in [0, 0.1) is 11.6 Å². The molecular weight excluding hydrogens is 1090 g/mol. The molecular formula is C79H43F2N3O4. The zero-order chi connectivity index (χ0) is 57.7. The van der Waals surface area contributed by atoms with E-state index < -0.39 is 5.41 Å². The van der Waals surface area contributed by atoms with Gasteiger partial charge < -0.3 is 32.0 Å². The van der Waals surface area contributed by atoms with Crippen molar-refractivity contribution in [3.05, 3.63) is 295 Å². The Bertz CT molecular complexity index is 6060. The summed E-state index contributed by atoms with van der Waals surface area (Å²) >= 11 is 0. The average molecular weight is 1140 g/mol. The Morgan fingerprint density at radius 1 is 0.307 bits per heavy atom. The Morgan fingerprint density at radius 3 is 1.40 bits per heavy atom. The van der Waals surface area contributed by atoms with Crippen LogP contribution in [0.4, 0.5) is 42.9 Å². The van der Waals surface area contributed by atoms with Crippen LogP contribution in [-0.2, 0) is 5.41 Å². The van der Waals surface area contributed by atoms with Gasteiger partial charge in [0.1, 0.15) is 50.7 Å². The maximum Gasteiger partial charge on any atom is 0.160 e. The lowest BCUT2D eigenvalue weighted by Crippen LogP contribution is -2.33. The average Bonchev–Trinajstić information content (AvgIpc) is 1.54. The van der Waals surface area contributed by atoms with Crippen molar-refractivity contribution in [1.29, 1.82) is 0 Å². The van der Waals surface area contributed by atoms with Crippen LogP contribution in [-0.4, -0.2) is 4.57 Å². The molecule has 18 aromatic rings. The lowest BCUT2D eigenvalue weighted by molar-refractivity contribution is 0.627. The first-order valence-corrected chi connectivity index (χ1v) is 29.5. The third kappa shape index (κ3) is 6.18. The number of hydrogen-bond acceptors (Lipinski definition) is 6. The van der Waals surface area contributed by atoms with Crippen LogP contribution >= 0.6 is 0 Å². The van der Waals surface area contributed by atoms with Crippen molar-refractivity contribution in [2.45, 2.75) is 5.41 Å². The molecule has 5 aromatic heterocycles. The quantitative estimate of drug-likeness (QED) is 0.165. The number of hydrogen-bond donors (Lipinski definition) is 0. The van der Waals surface area contributed by atoms with Crippen LogP contribution in [0.5, 0.6) is 0 Å². The molecule has 0 amide bonds. The van der Waals surface area contributed by atoms with Crippen LogP contribution in [0.25, 0.3) is 126 Å². The number of benzene rings is 13. The largest absolute Gasteiger partial charge is 0.456 e. The normalized spacial score (nSPS) is 14.3. The van der Waals surface area contributed by atoms with Gasteiger partial charge in [-0.25, -0.2) is 8.78 Å². The number of fused-ring (bicyclic) bond motifs is 26. The summed E-state index contributed by atoms with van der Waals surface area (Å²) in [6, 6.07) is 87.9. The van der Waals surface area contributed by atoms with Gasteiger partial charge in [0, 0.05) is 82.4 Å². The molecule has 7 nitrogen and oxygen atoms in total. The molecule has 88 heavy (non-hydrogen) atoms. The van der Waals surface area contributed by atoms with Crippen LogP contribution in [0.1, 0.15) is 22.3 Å². The molecule has 0 fully saturated rings. The first-order chi connectivity index (χ1) is 43.5. The van der Waals surface area contributed by atoms with Crippen molar-refractivity contribution < 1.29 is 26.4 Å². The lowest BCUT2D eigenvalue weighted by Gasteiger charge is -2.40. The van der Waals surface area contributed by atoms with Crippen molar-refractivity contribution in [2.24, 2.45) is 0 Å². The summed E-state index contributed by atoms with van der Waals surface area (Å²) in [4.78, 5) is 4.47. The fraction of sp³-hybridized carbons (Fsp3) is 0.0127. The van der Waals surface area contributed by atoms with Gasteiger partial charge in [-0.15, -0.1) is 0 Å². The molecule has 412 valence electrons.